The number of ether oxygens (including phenoxy) is 2. The molecule has 0 aromatic heterocycles. The molecular formula is C26H18F2N4O4. The van der Waals surface area contributed by atoms with Crippen molar-refractivity contribution in [2.45, 2.75) is 0 Å². The number of hydrogen-bond donors (Lipinski definition) is 4. The summed E-state index contributed by atoms with van der Waals surface area (Å²) in [6, 6.07) is 12.8. The highest BCUT2D eigenvalue weighted by Crippen LogP contribution is 2.46. The van der Waals surface area contributed by atoms with Gasteiger partial charge in [0.05, 0.1) is 33.6 Å². The lowest BCUT2D eigenvalue weighted by Gasteiger charge is -2.25. The van der Waals surface area contributed by atoms with Crippen LogP contribution >= 0.6 is 0 Å². The van der Waals surface area contributed by atoms with Gasteiger partial charge in [-0.2, -0.15) is 0 Å². The lowest BCUT2D eigenvalue weighted by atomic mass is 9.80. The number of ketones is 2. The Bertz CT molecular complexity index is 1450. The highest BCUT2D eigenvalue weighted by atomic mass is 19.1. The molecule has 0 spiro atoms. The molecule has 0 bridgehead atoms. The van der Waals surface area contributed by atoms with Crippen LogP contribution in [-0.2, 0) is 0 Å². The second kappa shape index (κ2) is 8.27. The summed E-state index contributed by atoms with van der Waals surface area (Å²) in [5.41, 5.74) is 23.7. The van der Waals surface area contributed by atoms with Crippen molar-refractivity contribution in [3.63, 3.8) is 0 Å². The minimum Gasteiger partial charge on any atom is -0.455 e. The molecule has 0 saturated carbocycles. The Labute approximate surface area is 203 Å². The van der Waals surface area contributed by atoms with Crippen LogP contribution in [0.1, 0.15) is 31.8 Å². The standard InChI is InChI=1S/C26H18F2N4O4/c27-11-1-5-13(6-2-11)35-17-9-15(29)19-21(23(17)31)26(34)22-20(25(19)33)16(30)10-18(24(22)32)36-14-7-3-12(28)4-8-14/h1-10H,29-32H2. The van der Waals surface area contributed by atoms with Gasteiger partial charge < -0.3 is 32.4 Å². The smallest absolute Gasteiger partial charge is 0.199 e. The van der Waals surface area contributed by atoms with Gasteiger partial charge in [-0.25, -0.2) is 8.78 Å². The first-order chi connectivity index (χ1) is 17.2. The van der Waals surface area contributed by atoms with Crippen LogP contribution in [0.5, 0.6) is 23.0 Å². The summed E-state index contributed by atoms with van der Waals surface area (Å²) < 4.78 is 37.9. The Balaban J connectivity index is 1.63. The van der Waals surface area contributed by atoms with E-state index in [0.29, 0.717) is 0 Å². The van der Waals surface area contributed by atoms with E-state index in [1.165, 1.54) is 60.7 Å². The molecule has 10 heteroatoms. The SMILES string of the molecule is Nc1cc(Oc2ccc(F)cc2)c(N)c2c1C(=O)c1c(N)cc(Oc3ccc(F)cc3)c(N)c1C2=O. The van der Waals surface area contributed by atoms with Crippen molar-refractivity contribution in [2.24, 2.45) is 0 Å². The molecule has 0 aliphatic heterocycles. The topological polar surface area (TPSA) is 157 Å². The van der Waals surface area contributed by atoms with Gasteiger partial charge >= 0.3 is 0 Å². The Morgan fingerprint density at radius 3 is 1.22 bits per heavy atom. The maximum Gasteiger partial charge on any atom is 0.199 e. The third-order valence-corrected chi connectivity index (χ3v) is 5.71. The van der Waals surface area contributed by atoms with Crippen LogP contribution in [0.25, 0.3) is 0 Å². The summed E-state index contributed by atoms with van der Waals surface area (Å²) in [5.74, 6) is -1.83. The first kappa shape index (κ1) is 22.7. The Morgan fingerprint density at radius 2 is 0.861 bits per heavy atom. The summed E-state index contributed by atoms with van der Waals surface area (Å²) in [4.78, 5) is 27.1. The normalized spacial score (nSPS) is 12.2. The zero-order valence-corrected chi connectivity index (χ0v) is 18.5. The molecule has 180 valence electrons. The number of rotatable bonds is 4. The molecule has 0 fully saturated rings. The molecule has 0 amide bonds. The van der Waals surface area contributed by atoms with Gasteiger partial charge in [-0.1, -0.05) is 0 Å². The number of fused-ring (bicyclic) bond motifs is 2. The number of hydrogen-bond acceptors (Lipinski definition) is 8. The quantitative estimate of drug-likeness (QED) is 0.266. The van der Waals surface area contributed by atoms with Crippen LogP contribution in [0.15, 0.2) is 60.7 Å². The van der Waals surface area contributed by atoms with E-state index in [-0.39, 0.29) is 68.0 Å². The zero-order chi connectivity index (χ0) is 25.7. The number of halogens is 2. The molecule has 1 aliphatic carbocycles. The van der Waals surface area contributed by atoms with Gasteiger partial charge in [-0.15, -0.1) is 0 Å². The Kier molecular flexibility index (Phi) is 5.21. The van der Waals surface area contributed by atoms with Crippen molar-refractivity contribution in [1.82, 2.24) is 0 Å². The zero-order valence-electron chi connectivity index (χ0n) is 18.5. The van der Waals surface area contributed by atoms with E-state index in [1.54, 1.807) is 0 Å². The summed E-state index contributed by atoms with van der Waals surface area (Å²) in [6.45, 7) is 0. The average molecular weight is 488 g/mol. The average Bonchev–Trinajstić information content (AvgIpc) is 2.84. The maximum absolute atomic E-state index is 13.7. The van der Waals surface area contributed by atoms with Crippen molar-refractivity contribution in [1.29, 1.82) is 0 Å². The van der Waals surface area contributed by atoms with E-state index in [2.05, 4.69) is 0 Å². The number of carbonyl (C=O) groups excluding carboxylic acids is 2. The molecule has 0 unspecified atom stereocenters. The van der Waals surface area contributed by atoms with Gasteiger partial charge in [0, 0.05) is 23.5 Å². The van der Waals surface area contributed by atoms with Gasteiger partial charge in [0.1, 0.15) is 23.1 Å². The van der Waals surface area contributed by atoms with Gasteiger partial charge in [-0.05, 0) is 48.5 Å². The van der Waals surface area contributed by atoms with E-state index in [1.807, 2.05) is 0 Å². The highest BCUT2D eigenvalue weighted by molar-refractivity contribution is 6.35. The Morgan fingerprint density at radius 1 is 0.528 bits per heavy atom. The van der Waals surface area contributed by atoms with Crippen LogP contribution in [0, 0.1) is 11.6 Å². The molecule has 4 aromatic carbocycles. The fourth-order valence-corrected chi connectivity index (χ4v) is 4.03. The first-order valence-electron chi connectivity index (χ1n) is 10.6. The number of carbonyl (C=O) groups is 2. The lowest BCUT2D eigenvalue weighted by molar-refractivity contribution is 0.0981. The van der Waals surface area contributed by atoms with E-state index < -0.39 is 23.2 Å². The highest BCUT2D eigenvalue weighted by Gasteiger charge is 2.38. The fourth-order valence-electron chi connectivity index (χ4n) is 4.03. The summed E-state index contributed by atoms with van der Waals surface area (Å²) in [5, 5.41) is 0. The van der Waals surface area contributed by atoms with Crippen LogP contribution in [0.2, 0.25) is 0 Å². The predicted octanol–water partition coefficient (Wildman–Crippen LogP) is 4.65. The number of nitrogen functional groups attached to an aromatic ring is 4. The second-order valence-corrected chi connectivity index (χ2v) is 8.03. The number of anilines is 4. The third-order valence-electron chi connectivity index (χ3n) is 5.71. The largest absolute Gasteiger partial charge is 0.455 e. The van der Waals surface area contributed by atoms with Crippen LogP contribution in [-0.4, -0.2) is 11.6 Å². The molecule has 4 aromatic rings. The van der Waals surface area contributed by atoms with Crippen molar-refractivity contribution in [2.75, 3.05) is 22.9 Å². The van der Waals surface area contributed by atoms with Gasteiger partial charge in [-0.3, -0.25) is 9.59 Å². The molecule has 36 heavy (non-hydrogen) atoms. The van der Waals surface area contributed by atoms with E-state index >= 15 is 0 Å². The molecule has 0 heterocycles. The molecule has 0 radical (unpaired) electrons. The van der Waals surface area contributed by atoms with Crippen molar-refractivity contribution >= 4 is 34.3 Å². The summed E-state index contributed by atoms with van der Waals surface area (Å²) in [6.07, 6.45) is 0. The van der Waals surface area contributed by atoms with E-state index in [9.17, 15) is 18.4 Å². The minimum absolute atomic E-state index is 0.00674. The fraction of sp³-hybridized carbons (Fsp3) is 0. The second-order valence-electron chi connectivity index (χ2n) is 8.03. The van der Waals surface area contributed by atoms with Gasteiger partial charge in [0.25, 0.3) is 0 Å². The van der Waals surface area contributed by atoms with Crippen molar-refractivity contribution in [3.05, 3.63) is 94.6 Å². The molecule has 8 N–H and O–H groups in total. The third kappa shape index (κ3) is 3.61. The molecule has 0 atom stereocenters. The van der Waals surface area contributed by atoms with E-state index in [4.69, 9.17) is 32.4 Å². The van der Waals surface area contributed by atoms with Gasteiger partial charge in [0.15, 0.2) is 23.1 Å². The van der Waals surface area contributed by atoms with Crippen LogP contribution in [0.3, 0.4) is 0 Å². The maximum atomic E-state index is 13.7. The van der Waals surface area contributed by atoms with Gasteiger partial charge in [0.2, 0.25) is 0 Å². The first-order valence-corrected chi connectivity index (χ1v) is 10.6. The minimum atomic E-state index is -0.706. The molecule has 0 saturated heterocycles. The lowest BCUT2D eigenvalue weighted by Crippen LogP contribution is -2.26. The monoisotopic (exact) mass is 488 g/mol. The summed E-state index contributed by atoms with van der Waals surface area (Å²) in [7, 11) is 0. The van der Waals surface area contributed by atoms with Crippen molar-refractivity contribution < 1.29 is 27.8 Å². The molecule has 5 rings (SSSR count). The van der Waals surface area contributed by atoms with E-state index in [0.717, 1.165) is 0 Å². The van der Waals surface area contributed by atoms with Crippen molar-refractivity contribution in [3.8, 4) is 23.0 Å². The molecule has 1 aliphatic rings. The van der Waals surface area contributed by atoms with Crippen LogP contribution in [0.4, 0.5) is 31.5 Å². The molecule has 8 nitrogen and oxygen atoms in total. The van der Waals surface area contributed by atoms with Crippen LogP contribution < -0.4 is 32.4 Å². The number of benzene rings is 4. The Hall–Kier alpha value is -5.12. The predicted molar refractivity (Wildman–Crippen MR) is 130 cm³/mol. The summed E-state index contributed by atoms with van der Waals surface area (Å²) >= 11 is 0. The molecular weight excluding hydrogens is 470 g/mol. The number of nitrogens with two attached hydrogens (primary N) is 4.